The van der Waals surface area contributed by atoms with Crippen LogP contribution in [0, 0.1) is 5.92 Å². The third kappa shape index (κ3) is 3.24. The standard InChI is InChI=1S/C21H23N7OS/c1-4-21(6-13(21)2)26-20(29)18-5-14(12-30-18)17-9-24-28-11-15(7-22-19(17)28)25-16-8-23-27(3)10-16/h5,7-13,25H,4,6H2,1-3H3,(H,26,29). The van der Waals surface area contributed by atoms with Crippen LogP contribution in [0.15, 0.2) is 42.4 Å². The lowest BCUT2D eigenvalue weighted by Crippen LogP contribution is -2.37. The molecule has 1 saturated carbocycles. The van der Waals surface area contributed by atoms with Crippen LogP contribution in [0.3, 0.4) is 0 Å². The number of aromatic nitrogens is 5. The maximum Gasteiger partial charge on any atom is 0.261 e. The van der Waals surface area contributed by atoms with Gasteiger partial charge in [0.05, 0.1) is 41.0 Å². The Kier molecular flexibility index (Phi) is 4.35. The van der Waals surface area contributed by atoms with Gasteiger partial charge in [0.2, 0.25) is 0 Å². The molecule has 2 N–H and O–H groups in total. The van der Waals surface area contributed by atoms with E-state index in [1.54, 1.807) is 27.8 Å². The number of rotatable bonds is 6. The molecule has 154 valence electrons. The van der Waals surface area contributed by atoms with Crippen LogP contribution in [-0.2, 0) is 7.05 Å². The predicted octanol–water partition coefficient (Wildman–Crippen LogP) is 3.85. The van der Waals surface area contributed by atoms with Gasteiger partial charge in [-0.15, -0.1) is 11.3 Å². The number of hydrogen-bond donors (Lipinski definition) is 2. The van der Waals surface area contributed by atoms with E-state index in [4.69, 9.17) is 0 Å². The Morgan fingerprint density at radius 3 is 2.77 bits per heavy atom. The van der Waals surface area contributed by atoms with Gasteiger partial charge in [-0.1, -0.05) is 13.8 Å². The second-order valence-corrected chi connectivity index (χ2v) is 8.88. The van der Waals surface area contributed by atoms with Gasteiger partial charge in [-0.2, -0.15) is 10.2 Å². The summed E-state index contributed by atoms with van der Waals surface area (Å²) in [5.41, 5.74) is 4.29. The van der Waals surface area contributed by atoms with Crippen LogP contribution in [0.2, 0.25) is 0 Å². The molecular weight excluding hydrogens is 398 g/mol. The molecule has 8 nitrogen and oxygen atoms in total. The number of nitrogens with zero attached hydrogens (tertiary/aromatic N) is 5. The summed E-state index contributed by atoms with van der Waals surface area (Å²) in [6.07, 6.45) is 11.1. The molecule has 4 aromatic rings. The Morgan fingerprint density at radius 2 is 2.07 bits per heavy atom. The van der Waals surface area contributed by atoms with E-state index in [1.807, 2.05) is 30.9 Å². The van der Waals surface area contributed by atoms with E-state index >= 15 is 0 Å². The van der Waals surface area contributed by atoms with Crippen molar-refractivity contribution < 1.29 is 4.79 Å². The lowest BCUT2D eigenvalue weighted by atomic mass is 10.1. The van der Waals surface area contributed by atoms with Crippen molar-refractivity contribution in [1.29, 1.82) is 0 Å². The predicted molar refractivity (Wildman–Crippen MR) is 117 cm³/mol. The van der Waals surface area contributed by atoms with Crippen LogP contribution in [0.1, 0.15) is 36.4 Å². The molecule has 2 atom stereocenters. The van der Waals surface area contributed by atoms with Crippen LogP contribution < -0.4 is 10.6 Å². The van der Waals surface area contributed by atoms with E-state index in [0.717, 1.165) is 41.0 Å². The van der Waals surface area contributed by atoms with Crippen molar-refractivity contribution in [3.8, 4) is 11.1 Å². The van der Waals surface area contributed by atoms with E-state index < -0.39 is 0 Å². The summed E-state index contributed by atoms with van der Waals surface area (Å²) in [7, 11) is 1.87. The number of aryl methyl sites for hydroxylation is 1. The number of carbonyl (C=O) groups excluding carboxylic acids is 1. The minimum absolute atomic E-state index is 0.00448. The quantitative estimate of drug-likeness (QED) is 0.494. The number of thiophene rings is 1. The molecule has 1 amide bonds. The highest BCUT2D eigenvalue weighted by atomic mass is 32.1. The molecule has 0 radical (unpaired) electrons. The third-order valence-electron chi connectivity index (χ3n) is 5.93. The molecule has 0 saturated heterocycles. The number of nitrogens with one attached hydrogen (secondary N) is 2. The van der Waals surface area contributed by atoms with Gasteiger partial charge in [0, 0.05) is 24.3 Å². The van der Waals surface area contributed by atoms with Crippen LogP contribution >= 0.6 is 11.3 Å². The average Bonchev–Trinajstić information content (AvgIpc) is 3.20. The Morgan fingerprint density at radius 1 is 1.27 bits per heavy atom. The first-order chi connectivity index (χ1) is 14.5. The van der Waals surface area contributed by atoms with Crippen LogP contribution in [0.5, 0.6) is 0 Å². The van der Waals surface area contributed by atoms with Gasteiger partial charge in [0.1, 0.15) is 0 Å². The van der Waals surface area contributed by atoms with Gasteiger partial charge in [-0.25, -0.2) is 9.50 Å². The number of hydrogen-bond acceptors (Lipinski definition) is 6. The highest BCUT2D eigenvalue weighted by molar-refractivity contribution is 7.12. The van der Waals surface area contributed by atoms with Crippen molar-refractivity contribution in [2.24, 2.45) is 13.0 Å². The summed E-state index contributed by atoms with van der Waals surface area (Å²) in [5.74, 6) is 0.550. The fourth-order valence-corrected chi connectivity index (χ4v) is 4.72. The maximum absolute atomic E-state index is 12.7. The van der Waals surface area contributed by atoms with Gasteiger partial charge in [-0.3, -0.25) is 9.48 Å². The lowest BCUT2D eigenvalue weighted by Gasteiger charge is -2.15. The van der Waals surface area contributed by atoms with Gasteiger partial charge in [0.25, 0.3) is 5.91 Å². The topological polar surface area (TPSA) is 89.1 Å². The molecular formula is C21H23N7OS. The molecule has 1 aliphatic rings. The summed E-state index contributed by atoms with van der Waals surface area (Å²) in [6.45, 7) is 4.32. The van der Waals surface area contributed by atoms with Crippen molar-refractivity contribution in [3.63, 3.8) is 0 Å². The smallest absolute Gasteiger partial charge is 0.261 e. The first-order valence-electron chi connectivity index (χ1n) is 9.98. The molecule has 0 aromatic carbocycles. The van der Waals surface area contributed by atoms with E-state index in [9.17, 15) is 4.79 Å². The molecule has 1 aliphatic carbocycles. The summed E-state index contributed by atoms with van der Waals surface area (Å²) in [5, 5.41) is 17.1. The zero-order chi connectivity index (χ0) is 20.9. The summed E-state index contributed by atoms with van der Waals surface area (Å²) < 4.78 is 3.47. The van der Waals surface area contributed by atoms with Gasteiger partial charge < -0.3 is 10.6 Å². The first kappa shape index (κ1) is 18.8. The summed E-state index contributed by atoms with van der Waals surface area (Å²) in [4.78, 5) is 18.0. The molecule has 30 heavy (non-hydrogen) atoms. The fourth-order valence-electron chi connectivity index (χ4n) is 3.92. The fraction of sp³-hybridized carbons (Fsp3) is 0.333. The molecule has 0 spiro atoms. The van der Waals surface area contributed by atoms with E-state index in [-0.39, 0.29) is 11.4 Å². The second kappa shape index (κ2) is 6.94. The highest BCUT2D eigenvalue weighted by Crippen LogP contribution is 2.45. The van der Waals surface area contributed by atoms with Crippen molar-refractivity contribution in [1.82, 2.24) is 29.7 Å². The van der Waals surface area contributed by atoms with Crippen molar-refractivity contribution in [2.45, 2.75) is 32.2 Å². The summed E-state index contributed by atoms with van der Waals surface area (Å²) in [6, 6.07) is 1.93. The molecule has 0 aliphatic heterocycles. The first-order valence-corrected chi connectivity index (χ1v) is 10.9. The van der Waals surface area contributed by atoms with E-state index in [2.05, 4.69) is 39.7 Å². The molecule has 4 aromatic heterocycles. The SMILES string of the molecule is CCC1(NC(=O)c2cc(-c3cnn4cc(Nc5cnn(C)c5)cnc34)cs2)CC1C. The third-order valence-corrected chi connectivity index (χ3v) is 6.86. The zero-order valence-electron chi connectivity index (χ0n) is 17.1. The van der Waals surface area contributed by atoms with Gasteiger partial charge in [0.15, 0.2) is 5.65 Å². The number of carbonyl (C=O) groups is 1. The van der Waals surface area contributed by atoms with E-state index in [1.165, 1.54) is 11.3 Å². The Hall–Kier alpha value is -3.20. The van der Waals surface area contributed by atoms with Gasteiger partial charge >= 0.3 is 0 Å². The molecule has 0 bridgehead atoms. The minimum Gasteiger partial charge on any atom is -0.350 e. The molecule has 1 fully saturated rings. The van der Waals surface area contributed by atoms with Crippen molar-refractivity contribution in [3.05, 3.63) is 47.3 Å². The van der Waals surface area contributed by atoms with Crippen LogP contribution in [0.4, 0.5) is 11.4 Å². The summed E-state index contributed by atoms with van der Waals surface area (Å²) >= 11 is 1.45. The molecule has 5 rings (SSSR count). The maximum atomic E-state index is 12.7. The highest BCUT2D eigenvalue weighted by Gasteiger charge is 2.50. The van der Waals surface area contributed by atoms with Crippen LogP contribution in [0.25, 0.3) is 16.8 Å². The zero-order valence-corrected chi connectivity index (χ0v) is 17.9. The number of amides is 1. The van der Waals surface area contributed by atoms with Gasteiger partial charge in [-0.05, 0) is 35.8 Å². The Labute approximate surface area is 177 Å². The lowest BCUT2D eigenvalue weighted by molar-refractivity contribution is 0.0931. The molecule has 2 unspecified atom stereocenters. The number of anilines is 2. The Bertz CT molecular complexity index is 1240. The van der Waals surface area contributed by atoms with Crippen LogP contribution in [-0.4, -0.2) is 35.8 Å². The minimum atomic E-state index is -0.0229. The average molecular weight is 422 g/mol. The number of fused-ring (bicyclic) bond motifs is 1. The largest absolute Gasteiger partial charge is 0.350 e. The molecule has 4 heterocycles. The normalized spacial score (nSPS) is 20.4. The van der Waals surface area contributed by atoms with E-state index in [0.29, 0.717) is 10.8 Å². The van der Waals surface area contributed by atoms with Crippen molar-refractivity contribution in [2.75, 3.05) is 5.32 Å². The Balaban J connectivity index is 1.37. The van der Waals surface area contributed by atoms with Crippen molar-refractivity contribution >= 4 is 34.3 Å². The monoisotopic (exact) mass is 421 g/mol. The molecule has 9 heteroatoms. The second-order valence-electron chi connectivity index (χ2n) is 7.97.